The van der Waals surface area contributed by atoms with Crippen LogP contribution in [0, 0.1) is 6.92 Å². The van der Waals surface area contributed by atoms with Crippen LogP contribution in [-0.2, 0) is 6.18 Å². The molecule has 2 aromatic heterocycles. The molecule has 1 aromatic carbocycles. The van der Waals surface area contributed by atoms with Crippen LogP contribution in [-0.4, -0.2) is 35.4 Å². The summed E-state index contributed by atoms with van der Waals surface area (Å²) in [7, 11) is 0. The van der Waals surface area contributed by atoms with Gasteiger partial charge in [-0.2, -0.15) is 13.2 Å². The van der Waals surface area contributed by atoms with Crippen LogP contribution >= 0.6 is 0 Å². The van der Waals surface area contributed by atoms with Crippen LogP contribution in [0.3, 0.4) is 0 Å². The van der Waals surface area contributed by atoms with Gasteiger partial charge in [0.25, 0.3) is 0 Å². The predicted molar refractivity (Wildman–Crippen MR) is 115 cm³/mol. The number of alkyl halides is 3. The van der Waals surface area contributed by atoms with Gasteiger partial charge in [-0.15, -0.1) is 0 Å². The Morgan fingerprint density at radius 3 is 2.61 bits per heavy atom. The van der Waals surface area contributed by atoms with Crippen molar-refractivity contribution in [3.05, 3.63) is 88.9 Å². The van der Waals surface area contributed by atoms with E-state index in [0.29, 0.717) is 31.1 Å². The fraction of sp³-hybridized carbons (Fsp3) is 0.261. The van der Waals surface area contributed by atoms with E-state index in [2.05, 4.69) is 15.3 Å². The summed E-state index contributed by atoms with van der Waals surface area (Å²) in [5.41, 5.74) is -0.0872. The summed E-state index contributed by atoms with van der Waals surface area (Å²) in [5.74, 6) is -0.435. The zero-order valence-electron chi connectivity index (χ0n) is 16.9. The molecule has 8 heteroatoms. The number of hydrogen-bond donors (Lipinski definition) is 1. The van der Waals surface area contributed by atoms with Crippen molar-refractivity contribution >= 4 is 11.6 Å². The Balaban J connectivity index is 0.00000193. The average Bonchev–Trinajstić information content (AvgIpc) is 2.78. The number of pyridine rings is 2. The van der Waals surface area contributed by atoms with Crippen molar-refractivity contribution in [3.8, 4) is 0 Å². The van der Waals surface area contributed by atoms with Crippen molar-refractivity contribution in [2.24, 2.45) is 0 Å². The second-order valence-corrected chi connectivity index (χ2v) is 7.39. The lowest BCUT2D eigenvalue weighted by molar-refractivity contribution is -0.138. The van der Waals surface area contributed by atoms with Crippen LogP contribution in [0.15, 0.2) is 60.8 Å². The minimum atomic E-state index is -4.69. The quantitative estimate of drug-likeness (QED) is 0.609. The normalized spacial score (nSPS) is 16.9. The predicted octanol–water partition coefficient (Wildman–Crippen LogP) is 4.68. The molecule has 1 aliphatic heterocycles. The third-order valence-corrected chi connectivity index (χ3v) is 5.35. The topological polar surface area (TPSA) is 58.1 Å². The van der Waals surface area contributed by atoms with Crippen LogP contribution in [0.2, 0.25) is 0 Å². The Hall–Kier alpha value is -3.26. The molecule has 4 rings (SSSR count). The second-order valence-electron chi connectivity index (χ2n) is 7.39. The molecule has 3 aromatic rings. The van der Waals surface area contributed by atoms with Gasteiger partial charge >= 0.3 is 6.18 Å². The summed E-state index contributed by atoms with van der Waals surface area (Å²) in [6, 6.07) is 15.1. The van der Waals surface area contributed by atoms with Crippen molar-refractivity contribution in [1.29, 1.82) is 0 Å². The average molecular weight is 430 g/mol. The van der Waals surface area contributed by atoms with E-state index in [1.54, 1.807) is 6.92 Å². The molecule has 0 bridgehead atoms. The van der Waals surface area contributed by atoms with Gasteiger partial charge < -0.3 is 10.2 Å². The largest absolute Gasteiger partial charge is 0.418 e. The van der Waals surface area contributed by atoms with E-state index in [9.17, 15) is 18.0 Å². The fourth-order valence-corrected chi connectivity index (χ4v) is 3.75. The Kier molecular flexibility index (Phi) is 5.73. The highest BCUT2D eigenvalue weighted by atomic mass is 19.4. The van der Waals surface area contributed by atoms with Gasteiger partial charge in [-0.05, 0) is 36.8 Å². The fourth-order valence-electron chi connectivity index (χ4n) is 3.75. The highest BCUT2D eigenvalue weighted by molar-refractivity contribution is 6.09. The maximum absolute atomic E-state index is 13.7. The third kappa shape index (κ3) is 4.44. The first kappa shape index (κ1) is 21.0. The van der Waals surface area contributed by atoms with E-state index in [4.69, 9.17) is 0 Å². The number of aryl methyl sites for hydroxylation is 1. The monoisotopic (exact) mass is 430 g/mol. The smallest absolute Gasteiger partial charge is 0.353 e. The molecule has 1 fully saturated rings. The van der Waals surface area contributed by atoms with E-state index in [-0.39, 0.29) is 14.5 Å². The van der Waals surface area contributed by atoms with Crippen molar-refractivity contribution in [2.75, 3.05) is 24.5 Å². The van der Waals surface area contributed by atoms with Crippen molar-refractivity contribution in [2.45, 2.75) is 19.1 Å². The first-order valence-electron chi connectivity index (χ1n) is 9.92. The summed E-state index contributed by atoms with van der Waals surface area (Å²) in [4.78, 5) is 23.2. The molecule has 1 saturated heterocycles. The van der Waals surface area contributed by atoms with E-state index in [1.807, 2.05) is 35.2 Å². The molecule has 0 amide bonds. The summed E-state index contributed by atoms with van der Waals surface area (Å²) in [6.07, 6.45) is -3.20. The van der Waals surface area contributed by atoms with Gasteiger partial charge in [-0.25, -0.2) is 4.98 Å². The number of aromatic nitrogens is 2. The molecule has 5 nitrogen and oxygen atoms in total. The number of piperazine rings is 1. The Morgan fingerprint density at radius 2 is 1.90 bits per heavy atom. The van der Waals surface area contributed by atoms with Crippen LogP contribution in [0.1, 0.15) is 41.8 Å². The number of hydrogen-bond acceptors (Lipinski definition) is 5. The lowest BCUT2D eigenvalue weighted by Gasteiger charge is -2.35. The first-order chi connectivity index (χ1) is 14.8. The molecule has 0 saturated carbocycles. The van der Waals surface area contributed by atoms with Gasteiger partial charge in [0.1, 0.15) is 11.5 Å². The van der Waals surface area contributed by atoms with E-state index < -0.39 is 23.2 Å². The maximum atomic E-state index is 13.7. The number of carbonyl (C=O) groups is 1. The second kappa shape index (κ2) is 8.47. The van der Waals surface area contributed by atoms with Gasteiger partial charge in [0.15, 0.2) is 0 Å². The van der Waals surface area contributed by atoms with Gasteiger partial charge in [-0.3, -0.25) is 9.78 Å². The van der Waals surface area contributed by atoms with Crippen LogP contribution in [0.25, 0.3) is 0 Å². The van der Waals surface area contributed by atoms with Crippen molar-refractivity contribution in [3.63, 3.8) is 0 Å². The number of carbonyl (C=O) groups excluding carboxylic acids is 1. The molecule has 31 heavy (non-hydrogen) atoms. The number of rotatable bonds is 4. The number of halogens is 3. The molecular weight excluding hydrogens is 405 g/mol. The zero-order chi connectivity index (χ0) is 22.0. The highest BCUT2D eigenvalue weighted by Crippen LogP contribution is 2.34. The highest BCUT2D eigenvalue weighted by Gasteiger charge is 2.37. The molecular formula is C23H25F3N4O. The molecule has 1 N–H and O–H groups in total. The first-order valence-corrected chi connectivity index (χ1v) is 9.92. The third-order valence-electron chi connectivity index (χ3n) is 5.35. The van der Waals surface area contributed by atoms with E-state index in [1.165, 1.54) is 24.4 Å². The minimum Gasteiger partial charge on any atom is -0.353 e. The summed E-state index contributed by atoms with van der Waals surface area (Å²) < 4.78 is 41.0. The minimum absolute atomic E-state index is 0. The zero-order valence-corrected chi connectivity index (χ0v) is 16.9. The number of anilines is 1. The molecule has 1 atom stereocenters. The van der Waals surface area contributed by atoms with Gasteiger partial charge in [-0.1, -0.05) is 30.3 Å². The van der Waals surface area contributed by atoms with E-state index in [0.717, 1.165) is 11.6 Å². The molecule has 0 unspecified atom stereocenters. The van der Waals surface area contributed by atoms with E-state index >= 15 is 0 Å². The molecule has 0 spiro atoms. The van der Waals surface area contributed by atoms with Gasteiger partial charge in [0.05, 0.1) is 5.56 Å². The number of nitrogens with zero attached hydrogens (tertiary/aromatic N) is 3. The molecule has 3 heterocycles. The van der Waals surface area contributed by atoms with Crippen LogP contribution in [0.4, 0.5) is 19.0 Å². The standard InChI is InChI=1S/C23H21F3N4O.2H2/c1-15-17(8-5-11-27-15)22(31)21-18(23(24,25)26)9-10-20(29-21)30-13-12-28-19(14-30)16-6-3-2-4-7-16;;/h2-11,19,28H,12-14H2,1H3;2*1H/t19-;;/m0../s1. The molecule has 0 radical (unpaired) electrons. The molecule has 164 valence electrons. The van der Waals surface area contributed by atoms with Gasteiger partial charge in [0, 0.05) is 46.0 Å². The Morgan fingerprint density at radius 1 is 1.13 bits per heavy atom. The number of ketones is 1. The Labute approximate surface area is 180 Å². The van der Waals surface area contributed by atoms with Crippen LogP contribution in [0.5, 0.6) is 0 Å². The van der Waals surface area contributed by atoms with Crippen LogP contribution < -0.4 is 10.2 Å². The number of benzene rings is 1. The SMILES string of the molecule is Cc1ncccc1C(=O)c1nc(N2CCN[C@H](c3ccccc3)C2)ccc1C(F)(F)F.[HH].[HH]. The summed E-state index contributed by atoms with van der Waals surface area (Å²) in [5, 5.41) is 3.42. The summed E-state index contributed by atoms with van der Waals surface area (Å²) >= 11 is 0. The molecule has 1 aliphatic rings. The van der Waals surface area contributed by atoms with Crippen molar-refractivity contribution < 1.29 is 20.8 Å². The maximum Gasteiger partial charge on any atom is 0.418 e. The lowest BCUT2D eigenvalue weighted by Crippen LogP contribution is -2.46. The van der Waals surface area contributed by atoms with Gasteiger partial charge in [0.2, 0.25) is 5.78 Å². The lowest BCUT2D eigenvalue weighted by atomic mass is 10.0. The Bertz CT molecular complexity index is 1100. The van der Waals surface area contributed by atoms with Crippen molar-refractivity contribution in [1.82, 2.24) is 15.3 Å². The molecule has 0 aliphatic carbocycles. The number of nitrogens with one attached hydrogen (secondary N) is 1. The summed E-state index contributed by atoms with van der Waals surface area (Å²) in [6.45, 7) is 3.33.